The third-order valence-corrected chi connectivity index (χ3v) is 8.97. The van der Waals surface area contributed by atoms with Crippen molar-refractivity contribution in [2.24, 2.45) is 0 Å². The first-order valence-corrected chi connectivity index (χ1v) is 13.2. The van der Waals surface area contributed by atoms with Gasteiger partial charge in [-0.2, -0.15) is 11.8 Å². The number of sulfonamides is 1. The molecule has 1 aliphatic carbocycles. The third kappa shape index (κ3) is 4.94. The molecular formula is C21H24N2O3S3. The lowest BCUT2D eigenvalue weighted by Gasteiger charge is -2.10. The highest BCUT2D eigenvalue weighted by molar-refractivity contribution is 8.00. The summed E-state index contributed by atoms with van der Waals surface area (Å²) in [6, 6.07) is 14.7. The predicted molar refractivity (Wildman–Crippen MR) is 122 cm³/mol. The summed E-state index contributed by atoms with van der Waals surface area (Å²) in [5.41, 5.74) is 1.80. The van der Waals surface area contributed by atoms with Gasteiger partial charge in [0.05, 0.1) is 21.7 Å². The molecular weight excluding hydrogens is 424 g/mol. The zero-order valence-electron chi connectivity index (χ0n) is 16.0. The molecule has 0 atom stereocenters. The van der Waals surface area contributed by atoms with Crippen LogP contribution in [0.1, 0.15) is 31.2 Å². The summed E-state index contributed by atoms with van der Waals surface area (Å²) in [5, 5.41) is 0.678. The zero-order chi connectivity index (χ0) is 20.3. The van der Waals surface area contributed by atoms with Crippen molar-refractivity contribution >= 4 is 43.3 Å². The summed E-state index contributed by atoms with van der Waals surface area (Å²) >= 11 is 2.94. The number of benzene rings is 2. The van der Waals surface area contributed by atoms with E-state index in [1.165, 1.54) is 25.7 Å². The van der Waals surface area contributed by atoms with E-state index in [1.54, 1.807) is 22.8 Å². The van der Waals surface area contributed by atoms with Crippen LogP contribution in [0.2, 0.25) is 0 Å². The summed E-state index contributed by atoms with van der Waals surface area (Å²) in [4.78, 5) is 12.6. The molecule has 0 aliphatic heterocycles. The second-order valence-corrected chi connectivity index (χ2v) is 11.4. The standard InChI is InChI=1S/C21H24N2O3S3/c24-21-23(15-16-6-2-1-3-7-16)19-11-10-18(14-20(19)28-21)29(25,26)22-12-13-27-17-8-4-5-9-17/h1-3,6-7,10-11,14,17,22H,4-5,8-9,12-13,15H2. The van der Waals surface area contributed by atoms with Gasteiger partial charge in [-0.15, -0.1) is 0 Å². The fourth-order valence-corrected chi connectivity index (χ4v) is 7.08. The van der Waals surface area contributed by atoms with Gasteiger partial charge in [0.15, 0.2) is 0 Å². The summed E-state index contributed by atoms with van der Waals surface area (Å²) in [5.74, 6) is 0.785. The molecule has 5 nitrogen and oxygen atoms in total. The van der Waals surface area contributed by atoms with Crippen molar-refractivity contribution in [2.75, 3.05) is 12.3 Å². The number of fused-ring (bicyclic) bond motifs is 1. The van der Waals surface area contributed by atoms with Crippen molar-refractivity contribution in [2.45, 2.75) is 42.4 Å². The fourth-order valence-electron chi connectivity index (χ4n) is 3.67. The molecule has 2 aromatic carbocycles. The second kappa shape index (κ2) is 9.04. The van der Waals surface area contributed by atoms with E-state index in [0.29, 0.717) is 23.0 Å². The van der Waals surface area contributed by atoms with Crippen LogP contribution in [0.5, 0.6) is 0 Å². The highest BCUT2D eigenvalue weighted by atomic mass is 32.2. The lowest BCUT2D eigenvalue weighted by atomic mass is 10.2. The van der Waals surface area contributed by atoms with Crippen LogP contribution in [0.15, 0.2) is 58.2 Å². The van der Waals surface area contributed by atoms with Crippen LogP contribution in [0, 0.1) is 0 Å². The Morgan fingerprint density at radius 3 is 2.62 bits per heavy atom. The van der Waals surface area contributed by atoms with Gasteiger partial charge < -0.3 is 0 Å². The molecule has 0 radical (unpaired) electrons. The number of nitrogens with zero attached hydrogens (tertiary/aromatic N) is 1. The van der Waals surface area contributed by atoms with Gasteiger partial charge in [-0.3, -0.25) is 9.36 Å². The van der Waals surface area contributed by atoms with E-state index >= 15 is 0 Å². The molecule has 1 heterocycles. The fraction of sp³-hybridized carbons (Fsp3) is 0.381. The van der Waals surface area contributed by atoms with Gasteiger partial charge in [-0.25, -0.2) is 13.1 Å². The Hall–Kier alpha value is -1.61. The first-order chi connectivity index (χ1) is 14.0. The van der Waals surface area contributed by atoms with Gasteiger partial charge in [-0.05, 0) is 36.6 Å². The quantitative estimate of drug-likeness (QED) is 0.528. The minimum atomic E-state index is -3.58. The first kappa shape index (κ1) is 20.7. The lowest BCUT2D eigenvalue weighted by molar-refractivity contribution is 0.584. The first-order valence-electron chi connectivity index (χ1n) is 9.81. The van der Waals surface area contributed by atoms with E-state index in [1.807, 2.05) is 42.1 Å². The molecule has 1 saturated carbocycles. The second-order valence-electron chi connectivity index (χ2n) is 7.24. The van der Waals surface area contributed by atoms with Crippen molar-refractivity contribution in [3.05, 3.63) is 63.8 Å². The van der Waals surface area contributed by atoms with Crippen LogP contribution in [0.4, 0.5) is 0 Å². The Morgan fingerprint density at radius 2 is 1.86 bits per heavy atom. The average Bonchev–Trinajstić information content (AvgIpc) is 3.34. The summed E-state index contributed by atoms with van der Waals surface area (Å²) < 4.78 is 30.4. The number of nitrogens with one attached hydrogen (secondary N) is 1. The number of rotatable bonds is 8. The summed E-state index contributed by atoms with van der Waals surface area (Å²) in [6.07, 6.45) is 5.06. The maximum Gasteiger partial charge on any atom is 0.308 e. The summed E-state index contributed by atoms with van der Waals surface area (Å²) in [7, 11) is -3.58. The lowest BCUT2D eigenvalue weighted by Crippen LogP contribution is -2.26. The third-order valence-electron chi connectivity index (χ3n) is 5.18. The van der Waals surface area contributed by atoms with Crippen LogP contribution < -0.4 is 9.60 Å². The molecule has 0 spiro atoms. The van der Waals surface area contributed by atoms with Gasteiger partial charge in [0.2, 0.25) is 10.0 Å². The van der Waals surface area contributed by atoms with E-state index in [9.17, 15) is 13.2 Å². The molecule has 1 aromatic heterocycles. The van der Waals surface area contributed by atoms with Gasteiger partial charge >= 0.3 is 4.87 Å². The predicted octanol–water partition coefficient (Wildman–Crippen LogP) is 4.07. The minimum absolute atomic E-state index is 0.0840. The van der Waals surface area contributed by atoms with Crippen molar-refractivity contribution in [3.8, 4) is 0 Å². The van der Waals surface area contributed by atoms with E-state index in [0.717, 1.165) is 28.2 Å². The van der Waals surface area contributed by atoms with E-state index in [2.05, 4.69) is 4.72 Å². The molecule has 8 heteroatoms. The van der Waals surface area contributed by atoms with E-state index in [4.69, 9.17) is 0 Å². The number of aromatic nitrogens is 1. The van der Waals surface area contributed by atoms with Gasteiger partial charge in [0.1, 0.15) is 0 Å². The van der Waals surface area contributed by atoms with E-state index in [-0.39, 0.29) is 9.77 Å². The Balaban J connectivity index is 1.47. The SMILES string of the molecule is O=c1sc2cc(S(=O)(=O)NCCSC3CCCC3)ccc2n1Cc1ccccc1. The van der Waals surface area contributed by atoms with Crippen LogP contribution >= 0.6 is 23.1 Å². The average molecular weight is 449 g/mol. The molecule has 4 rings (SSSR count). The van der Waals surface area contributed by atoms with Crippen LogP contribution in [-0.2, 0) is 16.6 Å². The molecule has 3 aromatic rings. The maximum atomic E-state index is 12.7. The van der Waals surface area contributed by atoms with Gasteiger partial charge in [0, 0.05) is 17.5 Å². The number of thiazole rings is 1. The smallest absolute Gasteiger partial charge is 0.294 e. The highest BCUT2D eigenvalue weighted by Gasteiger charge is 2.18. The molecule has 154 valence electrons. The normalized spacial score (nSPS) is 15.3. The Morgan fingerprint density at radius 1 is 1.10 bits per heavy atom. The van der Waals surface area contributed by atoms with Crippen molar-refractivity contribution in [1.29, 1.82) is 0 Å². The van der Waals surface area contributed by atoms with Gasteiger partial charge in [0.25, 0.3) is 0 Å². The number of thioether (sulfide) groups is 1. The molecule has 1 N–H and O–H groups in total. The largest absolute Gasteiger partial charge is 0.308 e. The number of hydrogen-bond acceptors (Lipinski definition) is 5. The Bertz CT molecular complexity index is 1130. The molecule has 0 saturated heterocycles. The maximum absolute atomic E-state index is 12.7. The molecule has 0 amide bonds. The molecule has 0 unspecified atom stereocenters. The highest BCUT2D eigenvalue weighted by Crippen LogP contribution is 2.29. The van der Waals surface area contributed by atoms with Crippen LogP contribution in [0.3, 0.4) is 0 Å². The Labute approximate surface area is 179 Å². The van der Waals surface area contributed by atoms with E-state index < -0.39 is 10.0 Å². The van der Waals surface area contributed by atoms with Crippen molar-refractivity contribution in [1.82, 2.24) is 9.29 Å². The molecule has 29 heavy (non-hydrogen) atoms. The molecule has 1 fully saturated rings. The molecule has 0 bridgehead atoms. The monoisotopic (exact) mass is 448 g/mol. The number of hydrogen-bond donors (Lipinski definition) is 1. The molecule has 1 aliphatic rings. The van der Waals surface area contributed by atoms with Crippen molar-refractivity contribution in [3.63, 3.8) is 0 Å². The van der Waals surface area contributed by atoms with Gasteiger partial charge in [-0.1, -0.05) is 54.5 Å². The van der Waals surface area contributed by atoms with Crippen LogP contribution in [-0.4, -0.2) is 30.5 Å². The topological polar surface area (TPSA) is 68.2 Å². The minimum Gasteiger partial charge on any atom is -0.294 e. The van der Waals surface area contributed by atoms with Crippen LogP contribution in [0.25, 0.3) is 10.2 Å². The zero-order valence-corrected chi connectivity index (χ0v) is 18.5. The Kier molecular flexibility index (Phi) is 6.44. The summed E-state index contributed by atoms with van der Waals surface area (Å²) in [6.45, 7) is 0.898. The van der Waals surface area contributed by atoms with Crippen molar-refractivity contribution < 1.29 is 8.42 Å².